The van der Waals surface area contributed by atoms with E-state index in [0.717, 1.165) is 5.56 Å². The number of hydrogen-bond acceptors (Lipinski definition) is 5. The summed E-state index contributed by atoms with van der Waals surface area (Å²) in [6.45, 7) is 5.35. The van der Waals surface area contributed by atoms with Gasteiger partial charge in [0.1, 0.15) is 5.75 Å². The molecule has 0 fully saturated rings. The van der Waals surface area contributed by atoms with E-state index in [1.165, 1.54) is 36.0 Å². The molecular weight excluding hydrogens is 282 g/mol. The van der Waals surface area contributed by atoms with Crippen LogP contribution in [0.25, 0.3) is 0 Å². The fraction of sp³-hybridized carbons (Fsp3) is 0.312. The average molecular weight is 303 g/mol. The first-order valence-corrected chi connectivity index (χ1v) is 7.11. The molecule has 0 spiro atoms. The van der Waals surface area contributed by atoms with Crippen LogP contribution in [0.2, 0.25) is 0 Å². The smallest absolute Gasteiger partial charge is 0.229 e. The Labute approximate surface area is 129 Å². The van der Waals surface area contributed by atoms with Gasteiger partial charge in [0.05, 0.1) is 6.04 Å². The Bertz CT molecular complexity index is 632. The second-order valence-electron chi connectivity index (χ2n) is 4.48. The zero-order valence-corrected chi connectivity index (χ0v) is 13.0. The van der Waals surface area contributed by atoms with Gasteiger partial charge in [-0.1, -0.05) is 26.0 Å². The quantitative estimate of drug-likeness (QED) is 0.842. The van der Waals surface area contributed by atoms with Crippen LogP contribution in [-0.2, 0) is 6.42 Å². The predicted octanol–water partition coefficient (Wildman–Crippen LogP) is 2.03. The number of Topliss-reactive ketones (excluding diaryl/α,β-unsaturated/α-hetero) is 1. The zero-order valence-electron chi connectivity index (χ0n) is 13.0. The lowest BCUT2D eigenvalue weighted by atomic mass is 10.0. The molecule has 2 rings (SSSR count). The molecule has 0 saturated carbocycles. The standard InChI is InChI=1S/C14H15N3O3.C2H6/c1-9(18)17-7-6-16-14(17)13(20)12(15)8-10-2-4-11(19)5-3-10;1-2/h2-7,12,19H,8,15H2,1H3;1-2H3. The van der Waals surface area contributed by atoms with E-state index < -0.39 is 11.8 Å². The molecule has 1 unspecified atom stereocenters. The Morgan fingerprint density at radius 3 is 2.41 bits per heavy atom. The summed E-state index contributed by atoms with van der Waals surface area (Å²) in [4.78, 5) is 27.4. The van der Waals surface area contributed by atoms with Crippen LogP contribution in [-0.4, -0.2) is 32.4 Å². The Hall–Kier alpha value is -2.47. The van der Waals surface area contributed by atoms with Gasteiger partial charge in [0.2, 0.25) is 11.7 Å². The second-order valence-corrected chi connectivity index (χ2v) is 4.48. The second kappa shape index (κ2) is 8.09. The number of hydrogen-bond donors (Lipinski definition) is 2. The fourth-order valence-electron chi connectivity index (χ4n) is 1.88. The van der Waals surface area contributed by atoms with Crippen molar-refractivity contribution < 1.29 is 14.7 Å². The van der Waals surface area contributed by atoms with Gasteiger partial charge in [-0.2, -0.15) is 0 Å². The minimum Gasteiger partial charge on any atom is -0.508 e. The van der Waals surface area contributed by atoms with E-state index in [0.29, 0.717) is 6.42 Å². The Morgan fingerprint density at radius 2 is 1.86 bits per heavy atom. The molecule has 118 valence electrons. The van der Waals surface area contributed by atoms with E-state index in [1.54, 1.807) is 12.1 Å². The molecule has 0 aliphatic heterocycles. The van der Waals surface area contributed by atoms with Crippen molar-refractivity contribution in [3.8, 4) is 5.75 Å². The van der Waals surface area contributed by atoms with Crippen LogP contribution >= 0.6 is 0 Å². The summed E-state index contributed by atoms with van der Waals surface area (Å²) in [5.74, 6) is -0.481. The van der Waals surface area contributed by atoms with E-state index in [2.05, 4.69) is 4.98 Å². The Morgan fingerprint density at radius 1 is 1.27 bits per heavy atom. The van der Waals surface area contributed by atoms with Gasteiger partial charge in [-0.15, -0.1) is 0 Å². The van der Waals surface area contributed by atoms with E-state index in [9.17, 15) is 14.7 Å². The van der Waals surface area contributed by atoms with Crippen molar-refractivity contribution in [1.82, 2.24) is 9.55 Å². The minimum absolute atomic E-state index is 0.0452. The molecule has 6 nitrogen and oxygen atoms in total. The highest BCUT2D eigenvalue weighted by molar-refractivity contribution is 6.00. The highest BCUT2D eigenvalue weighted by atomic mass is 16.3. The highest BCUT2D eigenvalue weighted by Crippen LogP contribution is 2.12. The Balaban J connectivity index is 0.00000116. The summed E-state index contributed by atoms with van der Waals surface area (Å²) in [6, 6.07) is 5.66. The van der Waals surface area contributed by atoms with Crippen molar-refractivity contribution in [3.63, 3.8) is 0 Å². The van der Waals surface area contributed by atoms with Crippen molar-refractivity contribution in [2.75, 3.05) is 0 Å². The SMILES string of the molecule is CC.CC(=O)n1ccnc1C(=O)C(N)Cc1ccc(O)cc1. The lowest BCUT2D eigenvalue weighted by Gasteiger charge is -2.11. The number of ketones is 1. The summed E-state index contributed by atoms with van der Waals surface area (Å²) < 4.78 is 1.18. The fourth-order valence-corrected chi connectivity index (χ4v) is 1.88. The topological polar surface area (TPSA) is 98.2 Å². The van der Waals surface area contributed by atoms with Crippen LogP contribution in [0.15, 0.2) is 36.7 Å². The van der Waals surface area contributed by atoms with Gasteiger partial charge >= 0.3 is 0 Å². The van der Waals surface area contributed by atoms with Gasteiger partial charge in [-0.3, -0.25) is 14.2 Å². The summed E-state index contributed by atoms with van der Waals surface area (Å²) in [5.41, 5.74) is 6.69. The number of aromatic nitrogens is 2. The maximum atomic E-state index is 12.2. The van der Waals surface area contributed by atoms with Crippen LogP contribution < -0.4 is 5.73 Å². The maximum absolute atomic E-state index is 12.2. The number of carbonyl (C=O) groups excluding carboxylic acids is 2. The molecule has 22 heavy (non-hydrogen) atoms. The van der Waals surface area contributed by atoms with Gasteiger partial charge in [0.15, 0.2) is 5.82 Å². The number of nitrogens with two attached hydrogens (primary N) is 1. The molecule has 0 aliphatic rings. The molecule has 1 aromatic carbocycles. The van der Waals surface area contributed by atoms with E-state index in [4.69, 9.17) is 5.73 Å². The van der Waals surface area contributed by atoms with Crippen molar-refractivity contribution in [2.45, 2.75) is 33.2 Å². The van der Waals surface area contributed by atoms with Gasteiger partial charge in [0, 0.05) is 19.3 Å². The monoisotopic (exact) mass is 303 g/mol. The predicted molar refractivity (Wildman–Crippen MR) is 84.0 cm³/mol. The first-order valence-electron chi connectivity index (χ1n) is 7.11. The summed E-state index contributed by atoms with van der Waals surface area (Å²) in [5, 5.41) is 9.20. The third kappa shape index (κ3) is 4.26. The van der Waals surface area contributed by atoms with Crippen molar-refractivity contribution in [3.05, 3.63) is 48.0 Å². The summed E-state index contributed by atoms with van der Waals surface area (Å²) >= 11 is 0. The molecule has 0 bridgehead atoms. The summed E-state index contributed by atoms with van der Waals surface area (Å²) in [7, 11) is 0. The lowest BCUT2D eigenvalue weighted by molar-refractivity contribution is 0.0888. The first kappa shape index (κ1) is 17.6. The highest BCUT2D eigenvalue weighted by Gasteiger charge is 2.22. The molecule has 1 aromatic heterocycles. The number of phenolic OH excluding ortho intramolecular Hbond substituents is 1. The number of aromatic hydroxyl groups is 1. The first-order chi connectivity index (χ1) is 10.5. The molecule has 0 radical (unpaired) electrons. The number of benzene rings is 1. The molecule has 0 aliphatic carbocycles. The third-order valence-corrected chi connectivity index (χ3v) is 2.93. The van der Waals surface area contributed by atoms with Crippen molar-refractivity contribution in [2.24, 2.45) is 5.73 Å². The minimum atomic E-state index is -0.792. The molecule has 0 saturated heterocycles. The maximum Gasteiger partial charge on any atom is 0.229 e. The number of carbonyl (C=O) groups is 2. The molecule has 0 amide bonds. The molecule has 3 N–H and O–H groups in total. The van der Waals surface area contributed by atoms with E-state index in [1.807, 2.05) is 13.8 Å². The van der Waals surface area contributed by atoms with Crippen LogP contribution in [0.1, 0.15) is 41.7 Å². The van der Waals surface area contributed by atoms with Crippen LogP contribution in [0.4, 0.5) is 0 Å². The van der Waals surface area contributed by atoms with Crippen LogP contribution in [0, 0.1) is 0 Å². The van der Waals surface area contributed by atoms with Crippen LogP contribution in [0.3, 0.4) is 0 Å². The lowest BCUT2D eigenvalue weighted by Crippen LogP contribution is -2.35. The van der Waals surface area contributed by atoms with E-state index in [-0.39, 0.29) is 17.5 Å². The molecule has 6 heteroatoms. The number of nitrogens with zero attached hydrogens (tertiary/aromatic N) is 2. The number of imidazole rings is 1. The van der Waals surface area contributed by atoms with Crippen LogP contribution in [0.5, 0.6) is 5.75 Å². The van der Waals surface area contributed by atoms with Gasteiger partial charge in [0.25, 0.3) is 0 Å². The largest absolute Gasteiger partial charge is 0.508 e. The van der Waals surface area contributed by atoms with Gasteiger partial charge < -0.3 is 10.8 Å². The number of rotatable bonds is 4. The van der Waals surface area contributed by atoms with Crippen molar-refractivity contribution >= 4 is 11.7 Å². The zero-order chi connectivity index (χ0) is 16.7. The molecule has 1 heterocycles. The van der Waals surface area contributed by atoms with Gasteiger partial charge in [-0.25, -0.2) is 4.98 Å². The molecule has 2 aromatic rings. The molecular formula is C16H21N3O3. The van der Waals surface area contributed by atoms with E-state index >= 15 is 0 Å². The Kier molecular flexibility index (Phi) is 6.47. The van der Waals surface area contributed by atoms with Gasteiger partial charge in [-0.05, 0) is 24.1 Å². The normalized spacial score (nSPS) is 11.3. The van der Waals surface area contributed by atoms with Crippen molar-refractivity contribution in [1.29, 1.82) is 0 Å². The number of phenols is 1. The molecule has 1 atom stereocenters. The third-order valence-electron chi connectivity index (χ3n) is 2.93. The average Bonchev–Trinajstić information content (AvgIpc) is 3.00. The summed E-state index contributed by atoms with van der Waals surface area (Å²) in [6.07, 6.45) is 3.13.